The Labute approximate surface area is 139 Å². The van der Waals surface area contributed by atoms with Gasteiger partial charge in [0.15, 0.2) is 0 Å². The highest BCUT2D eigenvalue weighted by Crippen LogP contribution is 2.23. The molecule has 0 bridgehead atoms. The van der Waals surface area contributed by atoms with Crippen molar-refractivity contribution in [1.29, 1.82) is 0 Å². The van der Waals surface area contributed by atoms with E-state index in [4.69, 9.17) is 0 Å². The van der Waals surface area contributed by atoms with Crippen LogP contribution in [0.4, 0.5) is 10.1 Å². The first kappa shape index (κ1) is 16.5. The second-order valence-electron chi connectivity index (χ2n) is 6.16. The lowest BCUT2D eigenvalue weighted by atomic mass is 10.0. The molecule has 1 aromatic heterocycles. The summed E-state index contributed by atoms with van der Waals surface area (Å²) in [7, 11) is 0. The van der Waals surface area contributed by atoms with E-state index < -0.39 is 5.60 Å². The predicted molar refractivity (Wildman–Crippen MR) is 85.7 cm³/mol. The van der Waals surface area contributed by atoms with Crippen molar-refractivity contribution in [3.63, 3.8) is 0 Å². The molecule has 2 N–H and O–H groups in total. The van der Waals surface area contributed by atoms with Gasteiger partial charge in [-0.3, -0.25) is 9.69 Å². The Hall–Kier alpha value is -2.32. The molecule has 0 spiro atoms. The molecule has 0 saturated carbocycles. The Bertz CT molecular complexity index is 694. The van der Waals surface area contributed by atoms with E-state index in [1.165, 1.54) is 12.1 Å². The van der Waals surface area contributed by atoms with Gasteiger partial charge in [0.25, 0.3) is 0 Å². The number of hydrogen-bond acceptors (Lipinski definition) is 5. The van der Waals surface area contributed by atoms with Crippen molar-refractivity contribution in [2.75, 3.05) is 25.0 Å². The minimum absolute atomic E-state index is 0.174. The van der Waals surface area contributed by atoms with Gasteiger partial charge in [0.05, 0.1) is 18.3 Å². The van der Waals surface area contributed by atoms with Crippen LogP contribution in [0.5, 0.6) is 0 Å². The van der Waals surface area contributed by atoms with Crippen LogP contribution in [-0.4, -0.2) is 56.1 Å². The number of rotatable bonds is 6. The van der Waals surface area contributed by atoms with Gasteiger partial charge in [-0.1, -0.05) is 11.3 Å². The Morgan fingerprint density at radius 2 is 2.33 bits per heavy atom. The summed E-state index contributed by atoms with van der Waals surface area (Å²) < 4.78 is 14.7. The van der Waals surface area contributed by atoms with Crippen LogP contribution in [0.25, 0.3) is 0 Å². The molecule has 3 rings (SSSR count). The topological polar surface area (TPSA) is 83.3 Å². The summed E-state index contributed by atoms with van der Waals surface area (Å²) in [6, 6.07) is 5.81. The van der Waals surface area contributed by atoms with Crippen molar-refractivity contribution in [2.24, 2.45) is 0 Å². The predicted octanol–water partition coefficient (Wildman–Crippen LogP) is 0.883. The first-order valence-corrected chi connectivity index (χ1v) is 7.87. The van der Waals surface area contributed by atoms with Gasteiger partial charge < -0.3 is 10.4 Å². The van der Waals surface area contributed by atoms with Gasteiger partial charge in [-0.15, -0.1) is 5.10 Å². The van der Waals surface area contributed by atoms with E-state index in [0.29, 0.717) is 31.7 Å². The largest absolute Gasteiger partial charge is 0.387 e. The van der Waals surface area contributed by atoms with E-state index in [0.717, 1.165) is 6.54 Å². The summed E-state index contributed by atoms with van der Waals surface area (Å²) in [5.41, 5.74) is -0.406. The summed E-state index contributed by atoms with van der Waals surface area (Å²) in [6.45, 7) is 2.14. The summed E-state index contributed by atoms with van der Waals surface area (Å²) in [5.74, 6) is -0.558. The fraction of sp³-hybridized carbons (Fsp3) is 0.438. The van der Waals surface area contributed by atoms with E-state index in [1.54, 1.807) is 29.2 Å². The minimum atomic E-state index is -0.854. The van der Waals surface area contributed by atoms with Gasteiger partial charge in [0.2, 0.25) is 5.91 Å². The third kappa shape index (κ3) is 4.36. The van der Waals surface area contributed by atoms with E-state index in [-0.39, 0.29) is 18.1 Å². The lowest BCUT2D eigenvalue weighted by Gasteiger charge is -2.23. The molecule has 24 heavy (non-hydrogen) atoms. The molecule has 1 aliphatic rings. The van der Waals surface area contributed by atoms with Crippen LogP contribution in [-0.2, 0) is 11.3 Å². The molecule has 128 valence electrons. The summed E-state index contributed by atoms with van der Waals surface area (Å²) in [6.07, 6.45) is 4.20. The molecule has 1 fully saturated rings. The maximum atomic E-state index is 13.1. The molecular formula is C16H20FN5O2. The second kappa shape index (κ2) is 7.06. The zero-order chi connectivity index (χ0) is 17.0. The van der Waals surface area contributed by atoms with Crippen LogP contribution in [0.2, 0.25) is 0 Å². The van der Waals surface area contributed by atoms with Crippen molar-refractivity contribution in [3.05, 3.63) is 42.5 Å². The molecule has 0 radical (unpaired) electrons. The molecular weight excluding hydrogens is 313 g/mol. The SMILES string of the molecule is O=C(CCN1CCC(O)(Cn2ccnn2)C1)Nc1cccc(F)c1. The van der Waals surface area contributed by atoms with E-state index in [2.05, 4.69) is 15.6 Å². The summed E-state index contributed by atoms with van der Waals surface area (Å²) in [5, 5.41) is 20.9. The molecule has 8 heteroatoms. The molecule has 1 unspecified atom stereocenters. The number of nitrogens with zero attached hydrogens (tertiary/aromatic N) is 4. The molecule has 1 atom stereocenters. The van der Waals surface area contributed by atoms with Crippen LogP contribution < -0.4 is 5.32 Å². The average molecular weight is 333 g/mol. The number of aliphatic hydroxyl groups is 1. The average Bonchev–Trinajstić information content (AvgIpc) is 3.15. The zero-order valence-electron chi connectivity index (χ0n) is 13.2. The number of benzene rings is 1. The fourth-order valence-corrected chi connectivity index (χ4v) is 2.93. The standard InChI is InChI=1S/C16H20FN5O2/c17-13-2-1-3-14(10-13)19-15(23)4-7-21-8-5-16(24,11-21)12-22-9-6-18-20-22/h1-3,6,9-10,24H,4-5,7-8,11-12H2,(H,19,23). The highest BCUT2D eigenvalue weighted by Gasteiger charge is 2.36. The monoisotopic (exact) mass is 333 g/mol. The van der Waals surface area contributed by atoms with E-state index >= 15 is 0 Å². The van der Waals surface area contributed by atoms with Crippen LogP contribution in [0.1, 0.15) is 12.8 Å². The maximum Gasteiger partial charge on any atom is 0.225 e. The van der Waals surface area contributed by atoms with Crippen LogP contribution >= 0.6 is 0 Å². The normalized spacial score (nSPS) is 21.1. The molecule has 1 aliphatic heterocycles. The minimum Gasteiger partial charge on any atom is -0.387 e. The van der Waals surface area contributed by atoms with Crippen LogP contribution in [0, 0.1) is 5.82 Å². The highest BCUT2D eigenvalue weighted by molar-refractivity contribution is 5.90. The number of carbonyl (C=O) groups excluding carboxylic acids is 1. The van der Waals surface area contributed by atoms with Crippen molar-refractivity contribution < 1.29 is 14.3 Å². The highest BCUT2D eigenvalue weighted by atomic mass is 19.1. The number of β-amino-alcohol motifs (C(OH)–C–C–N with tert-alkyl or cyclic N) is 1. The number of anilines is 1. The van der Waals surface area contributed by atoms with Crippen molar-refractivity contribution in [1.82, 2.24) is 19.9 Å². The van der Waals surface area contributed by atoms with Gasteiger partial charge in [-0.05, 0) is 24.6 Å². The number of aromatic nitrogens is 3. The zero-order valence-corrected chi connectivity index (χ0v) is 13.2. The molecule has 2 aromatic rings. The van der Waals surface area contributed by atoms with Crippen molar-refractivity contribution in [2.45, 2.75) is 25.0 Å². The molecule has 2 heterocycles. The smallest absolute Gasteiger partial charge is 0.225 e. The third-order valence-electron chi connectivity index (χ3n) is 4.10. The van der Waals surface area contributed by atoms with Gasteiger partial charge >= 0.3 is 0 Å². The first-order valence-electron chi connectivity index (χ1n) is 7.87. The second-order valence-corrected chi connectivity index (χ2v) is 6.16. The number of likely N-dealkylation sites (tertiary alicyclic amines) is 1. The van der Waals surface area contributed by atoms with Gasteiger partial charge in [-0.2, -0.15) is 0 Å². The van der Waals surface area contributed by atoms with Crippen molar-refractivity contribution in [3.8, 4) is 0 Å². The molecule has 1 amide bonds. The summed E-state index contributed by atoms with van der Waals surface area (Å²) >= 11 is 0. The number of amides is 1. The maximum absolute atomic E-state index is 13.1. The molecule has 1 saturated heterocycles. The van der Waals surface area contributed by atoms with E-state index in [1.807, 2.05) is 4.90 Å². The number of halogens is 1. The number of carbonyl (C=O) groups is 1. The van der Waals surface area contributed by atoms with Gasteiger partial charge in [0, 0.05) is 37.9 Å². The Morgan fingerprint density at radius 3 is 3.08 bits per heavy atom. The fourth-order valence-electron chi connectivity index (χ4n) is 2.93. The molecule has 7 nitrogen and oxygen atoms in total. The lowest BCUT2D eigenvalue weighted by molar-refractivity contribution is -0.116. The first-order chi connectivity index (χ1) is 11.5. The van der Waals surface area contributed by atoms with Crippen molar-refractivity contribution >= 4 is 11.6 Å². The van der Waals surface area contributed by atoms with Gasteiger partial charge in [0.1, 0.15) is 5.82 Å². The Balaban J connectivity index is 1.45. The molecule has 1 aromatic carbocycles. The Kier molecular flexibility index (Phi) is 4.86. The Morgan fingerprint density at radius 1 is 1.46 bits per heavy atom. The van der Waals surface area contributed by atoms with Crippen LogP contribution in [0.3, 0.4) is 0 Å². The summed E-state index contributed by atoms with van der Waals surface area (Å²) in [4.78, 5) is 14.0. The van der Waals surface area contributed by atoms with Crippen LogP contribution in [0.15, 0.2) is 36.7 Å². The van der Waals surface area contributed by atoms with E-state index in [9.17, 15) is 14.3 Å². The molecule has 0 aliphatic carbocycles. The third-order valence-corrected chi connectivity index (χ3v) is 4.10. The van der Waals surface area contributed by atoms with Gasteiger partial charge in [-0.25, -0.2) is 9.07 Å². The number of hydrogen-bond donors (Lipinski definition) is 2. The quantitative estimate of drug-likeness (QED) is 0.820. The lowest BCUT2D eigenvalue weighted by Crippen LogP contribution is -2.38. The number of nitrogens with one attached hydrogen (secondary N) is 1.